The number of hydrogen-bond acceptors (Lipinski definition) is 7. The van der Waals surface area contributed by atoms with E-state index in [1.165, 1.54) is 4.70 Å². The number of nitrogens with zero attached hydrogens (tertiary/aromatic N) is 5. The second kappa shape index (κ2) is 5.61. The summed E-state index contributed by atoms with van der Waals surface area (Å²) in [6.07, 6.45) is 0.609. The maximum absolute atomic E-state index is 4.62. The molecule has 0 atom stereocenters. The first kappa shape index (κ1) is 13.7. The van der Waals surface area contributed by atoms with Crippen LogP contribution in [0.3, 0.4) is 0 Å². The van der Waals surface area contributed by atoms with Crippen molar-refractivity contribution in [2.24, 2.45) is 0 Å². The summed E-state index contributed by atoms with van der Waals surface area (Å²) in [5.74, 6) is 1.94. The Bertz CT molecular complexity index is 734. The number of thiazole rings is 1. The van der Waals surface area contributed by atoms with Crippen LogP contribution in [-0.2, 0) is 6.42 Å². The smallest absolute Gasteiger partial charge is 0.229 e. The van der Waals surface area contributed by atoms with Crippen molar-refractivity contribution in [3.05, 3.63) is 35.1 Å². The van der Waals surface area contributed by atoms with Crippen LogP contribution in [0.1, 0.15) is 10.8 Å². The molecule has 21 heavy (non-hydrogen) atoms. The Hall–Kier alpha value is -2.28. The first-order valence-electron chi connectivity index (χ1n) is 6.60. The molecule has 7 heteroatoms. The lowest BCUT2D eigenvalue weighted by molar-refractivity contribution is 0.884. The Morgan fingerprint density at radius 1 is 1.10 bits per heavy atom. The second-order valence-corrected chi connectivity index (χ2v) is 5.89. The van der Waals surface area contributed by atoms with Gasteiger partial charge in [-0.3, -0.25) is 0 Å². The van der Waals surface area contributed by atoms with Gasteiger partial charge in [-0.1, -0.05) is 12.1 Å². The minimum absolute atomic E-state index is 0.574. The SMILES string of the molecule is CNc1nc(Cc2nc3ccccc3s2)nc(N(C)C)n1. The van der Waals surface area contributed by atoms with Crippen molar-refractivity contribution in [2.45, 2.75) is 6.42 Å². The van der Waals surface area contributed by atoms with Gasteiger partial charge in [-0.15, -0.1) is 11.3 Å². The van der Waals surface area contributed by atoms with Crippen LogP contribution in [-0.4, -0.2) is 41.1 Å². The third-order valence-electron chi connectivity index (χ3n) is 2.94. The molecule has 1 N–H and O–H groups in total. The third-order valence-corrected chi connectivity index (χ3v) is 3.98. The normalized spacial score (nSPS) is 10.8. The maximum Gasteiger partial charge on any atom is 0.229 e. The van der Waals surface area contributed by atoms with Crippen molar-refractivity contribution >= 4 is 33.5 Å². The van der Waals surface area contributed by atoms with Gasteiger partial charge in [-0.05, 0) is 12.1 Å². The molecule has 3 rings (SSSR count). The molecule has 6 nitrogen and oxygen atoms in total. The zero-order valence-electron chi connectivity index (χ0n) is 12.2. The number of hydrogen-bond donors (Lipinski definition) is 1. The lowest BCUT2D eigenvalue weighted by Gasteiger charge is -2.12. The van der Waals surface area contributed by atoms with Crippen LogP contribution >= 0.6 is 11.3 Å². The average Bonchev–Trinajstić information content (AvgIpc) is 2.88. The zero-order valence-corrected chi connectivity index (χ0v) is 13.0. The topological polar surface area (TPSA) is 66.8 Å². The van der Waals surface area contributed by atoms with E-state index < -0.39 is 0 Å². The summed E-state index contributed by atoms with van der Waals surface area (Å²) in [5, 5.41) is 3.98. The van der Waals surface area contributed by atoms with Crippen LogP contribution < -0.4 is 10.2 Å². The third kappa shape index (κ3) is 2.92. The molecule has 0 unspecified atom stereocenters. The molecule has 2 aromatic heterocycles. The van der Waals surface area contributed by atoms with Gasteiger partial charge < -0.3 is 10.2 Å². The van der Waals surface area contributed by atoms with Gasteiger partial charge in [0.15, 0.2) is 0 Å². The highest BCUT2D eigenvalue weighted by molar-refractivity contribution is 7.18. The zero-order chi connectivity index (χ0) is 14.8. The first-order valence-corrected chi connectivity index (χ1v) is 7.42. The van der Waals surface area contributed by atoms with E-state index in [2.05, 4.69) is 31.3 Å². The van der Waals surface area contributed by atoms with Gasteiger partial charge in [0, 0.05) is 21.1 Å². The predicted octanol–water partition coefficient (Wildman–Crippen LogP) is 2.18. The summed E-state index contributed by atoms with van der Waals surface area (Å²) in [6.45, 7) is 0. The van der Waals surface area contributed by atoms with Gasteiger partial charge in [0.05, 0.1) is 16.6 Å². The van der Waals surface area contributed by atoms with E-state index in [9.17, 15) is 0 Å². The lowest BCUT2D eigenvalue weighted by Crippen LogP contribution is -2.16. The Labute approximate surface area is 126 Å². The summed E-state index contributed by atoms with van der Waals surface area (Å²) in [4.78, 5) is 19.7. The number of anilines is 2. The number of rotatable bonds is 4. The van der Waals surface area contributed by atoms with E-state index in [4.69, 9.17) is 0 Å². The molecule has 0 aliphatic rings. The fourth-order valence-electron chi connectivity index (χ4n) is 1.93. The van der Waals surface area contributed by atoms with Gasteiger partial charge in [-0.2, -0.15) is 15.0 Å². The molecule has 0 radical (unpaired) electrons. The van der Waals surface area contributed by atoms with Crippen LogP contribution in [0.2, 0.25) is 0 Å². The largest absolute Gasteiger partial charge is 0.357 e. The molecule has 0 bridgehead atoms. The average molecular weight is 300 g/mol. The Kier molecular flexibility index (Phi) is 3.66. The van der Waals surface area contributed by atoms with E-state index in [0.29, 0.717) is 18.3 Å². The van der Waals surface area contributed by atoms with Gasteiger partial charge in [0.1, 0.15) is 10.8 Å². The molecule has 0 saturated heterocycles. The summed E-state index contributed by atoms with van der Waals surface area (Å²) in [7, 11) is 5.63. The monoisotopic (exact) mass is 300 g/mol. The highest BCUT2D eigenvalue weighted by atomic mass is 32.1. The van der Waals surface area contributed by atoms with E-state index in [-0.39, 0.29) is 0 Å². The van der Waals surface area contributed by atoms with E-state index in [1.54, 1.807) is 18.4 Å². The van der Waals surface area contributed by atoms with Crippen LogP contribution in [0.4, 0.5) is 11.9 Å². The van der Waals surface area contributed by atoms with E-state index >= 15 is 0 Å². The fourth-order valence-corrected chi connectivity index (χ4v) is 2.89. The Balaban J connectivity index is 1.94. The number of fused-ring (bicyclic) bond motifs is 1. The Morgan fingerprint density at radius 3 is 2.62 bits per heavy atom. The molecular formula is C14H16N6S. The first-order chi connectivity index (χ1) is 10.2. The second-order valence-electron chi connectivity index (χ2n) is 4.77. The molecule has 1 aromatic carbocycles. The van der Waals surface area contributed by atoms with Crippen molar-refractivity contribution in [2.75, 3.05) is 31.4 Å². The van der Waals surface area contributed by atoms with Crippen molar-refractivity contribution in [3.8, 4) is 0 Å². The maximum atomic E-state index is 4.62. The van der Waals surface area contributed by atoms with Crippen molar-refractivity contribution < 1.29 is 0 Å². The quantitative estimate of drug-likeness (QED) is 0.796. The minimum atomic E-state index is 0.574. The summed E-state index contributed by atoms with van der Waals surface area (Å²) < 4.78 is 1.18. The molecule has 0 aliphatic heterocycles. The molecule has 3 aromatic rings. The molecular weight excluding hydrogens is 284 g/mol. The predicted molar refractivity (Wildman–Crippen MR) is 86.1 cm³/mol. The summed E-state index contributed by atoms with van der Waals surface area (Å²) in [5.41, 5.74) is 1.02. The van der Waals surface area contributed by atoms with Crippen molar-refractivity contribution in [1.82, 2.24) is 19.9 Å². The molecule has 0 saturated carbocycles. The molecule has 0 spiro atoms. The Morgan fingerprint density at radius 2 is 1.90 bits per heavy atom. The number of aromatic nitrogens is 4. The van der Waals surface area contributed by atoms with Crippen LogP contribution in [0.15, 0.2) is 24.3 Å². The van der Waals surface area contributed by atoms with Crippen molar-refractivity contribution in [1.29, 1.82) is 0 Å². The van der Waals surface area contributed by atoms with Gasteiger partial charge >= 0.3 is 0 Å². The van der Waals surface area contributed by atoms with Crippen LogP contribution in [0, 0.1) is 0 Å². The van der Waals surface area contributed by atoms with Gasteiger partial charge in [-0.25, -0.2) is 4.98 Å². The summed E-state index contributed by atoms with van der Waals surface area (Å²) >= 11 is 1.67. The van der Waals surface area contributed by atoms with Crippen molar-refractivity contribution in [3.63, 3.8) is 0 Å². The summed E-state index contributed by atoms with van der Waals surface area (Å²) in [6, 6.07) is 8.12. The van der Waals surface area contributed by atoms with Crippen LogP contribution in [0.25, 0.3) is 10.2 Å². The molecule has 0 fully saturated rings. The number of benzene rings is 1. The lowest BCUT2D eigenvalue weighted by atomic mass is 10.3. The minimum Gasteiger partial charge on any atom is -0.357 e. The van der Waals surface area contributed by atoms with E-state index in [0.717, 1.165) is 16.3 Å². The molecule has 0 aliphatic carbocycles. The number of para-hydroxylation sites is 1. The highest BCUT2D eigenvalue weighted by Gasteiger charge is 2.10. The van der Waals surface area contributed by atoms with E-state index in [1.807, 2.05) is 37.2 Å². The van der Waals surface area contributed by atoms with Gasteiger partial charge in [0.2, 0.25) is 11.9 Å². The van der Waals surface area contributed by atoms with Gasteiger partial charge in [0.25, 0.3) is 0 Å². The number of nitrogens with one attached hydrogen (secondary N) is 1. The fraction of sp³-hybridized carbons (Fsp3) is 0.286. The molecule has 108 valence electrons. The standard InChI is InChI=1S/C14H16N6S/c1-15-13-17-11(18-14(19-13)20(2)3)8-12-16-9-6-4-5-7-10(9)21-12/h4-7H,8H2,1-3H3,(H,15,17,18,19). The molecule has 0 amide bonds. The molecule has 2 heterocycles. The van der Waals surface area contributed by atoms with Crippen LogP contribution in [0.5, 0.6) is 0 Å². The highest BCUT2D eigenvalue weighted by Crippen LogP contribution is 2.23.